The fourth-order valence-corrected chi connectivity index (χ4v) is 9.17. The molecule has 0 radical (unpaired) electrons. The van der Waals surface area contributed by atoms with Crippen LogP contribution >= 0.6 is 0 Å². The van der Waals surface area contributed by atoms with E-state index >= 15 is 0 Å². The summed E-state index contributed by atoms with van der Waals surface area (Å²) in [6.45, 7) is 0. The normalized spacial score (nSPS) is 11.6. The van der Waals surface area contributed by atoms with Crippen LogP contribution in [-0.2, 0) is 0 Å². The molecule has 0 atom stereocenters. The monoisotopic (exact) mass is 779 g/mol. The van der Waals surface area contributed by atoms with Crippen molar-refractivity contribution in [2.75, 3.05) is 4.90 Å². The molecule has 3 nitrogen and oxygen atoms in total. The summed E-state index contributed by atoms with van der Waals surface area (Å²) in [5.41, 5.74) is 15.8. The summed E-state index contributed by atoms with van der Waals surface area (Å²) >= 11 is 0. The summed E-state index contributed by atoms with van der Waals surface area (Å²) in [6, 6.07) is 79.8. The zero-order valence-corrected chi connectivity index (χ0v) is 33.1. The maximum Gasteiger partial charge on any atom is 0.143 e. The average Bonchev–Trinajstić information content (AvgIpc) is 3.91. The maximum atomic E-state index is 6.90. The summed E-state index contributed by atoms with van der Waals surface area (Å²) in [5, 5.41) is 6.69. The molecular weight excluding hydrogens is 743 g/mol. The van der Waals surface area contributed by atoms with Crippen molar-refractivity contribution in [2.24, 2.45) is 0 Å². The predicted octanol–water partition coefficient (Wildman–Crippen LogP) is 16.8. The first-order valence-electron chi connectivity index (χ1n) is 20.7. The van der Waals surface area contributed by atoms with Crippen LogP contribution in [0.25, 0.3) is 99.2 Å². The van der Waals surface area contributed by atoms with Crippen molar-refractivity contribution in [1.29, 1.82) is 0 Å². The third-order valence-electron chi connectivity index (χ3n) is 12.1. The van der Waals surface area contributed by atoms with Gasteiger partial charge >= 0.3 is 0 Å². The molecule has 10 aromatic carbocycles. The second-order valence-electron chi connectivity index (χ2n) is 15.6. The standard InChI is InChI=1S/C58H37NO2/c1-3-14-39(15-4-1)45-33-29-42(36-53(45)40-16-5-2-6-17-40)38-26-30-43(31-27-38)59(44-32-35-49-48-21-10-12-25-55(48)60-56(49)37-44)54-24-11-9-20-47(54)50-22-13-23-51-52-34-28-41-18-7-8-19-46(41)57(52)61-58(50)51/h1-37H. The van der Waals surface area contributed by atoms with E-state index in [4.69, 9.17) is 8.83 Å². The van der Waals surface area contributed by atoms with E-state index in [0.29, 0.717) is 0 Å². The highest BCUT2D eigenvalue weighted by Crippen LogP contribution is 2.46. The second kappa shape index (κ2) is 14.3. The zero-order valence-electron chi connectivity index (χ0n) is 33.1. The predicted molar refractivity (Wildman–Crippen MR) is 255 cm³/mol. The van der Waals surface area contributed by atoms with E-state index in [1.807, 2.05) is 12.1 Å². The Hall–Kier alpha value is -8.14. The van der Waals surface area contributed by atoms with E-state index in [-0.39, 0.29) is 0 Å². The summed E-state index contributed by atoms with van der Waals surface area (Å²) in [4.78, 5) is 2.34. The highest BCUT2D eigenvalue weighted by molar-refractivity contribution is 6.18. The van der Waals surface area contributed by atoms with Crippen molar-refractivity contribution in [3.05, 3.63) is 224 Å². The molecular formula is C58H37NO2. The lowest BCUT2D eigenvalue weighted by Crippen LogP contribution is -2.11. The molecule has 0 aliphatic rings. The topological polar surface area (TPSA) is 29.5 Å². The highest BCUT2D eigenvalue weighted by Gasteiger charge is 2.22. The van der Waals surface area contributed by atoms with Gasteiger partial charge in [0.05, 0.1) is 5.69 Å². The van der Waals surface area contributed by atoms with E-state index in [2.05, 4.69) is 217 Å². The van der Waals surface area contributed by atoms with Crippen LogP contribution in [0, 0.1) is 0 Å². The highest BCUT2D eigenvalue weighted by atomic mass is 16.3. The van der Waals surface area contributed by atoms with Gasteiger partial charge in [-0.1, -0.05) is 170 Å². The molecule has 0 amide bonds. The molecule has 2 heterocycles. The van der Waals surface area contributed by atoms with E-state index < -0.39 is 0 Å². The number of fused-ring (bicyclic) bond motifs is 8. The van der Waals surface area contributed by atoms with Gasteiger partial charge in [-0.25, -0.2) is 0 Å². The molecule has 0 spiro atoms. The van der Waals surface area contributed by atoms with Crippen LogP contribution in [0.3, 0.4) is 0 Å². The van der Waals surface area contributed by atoms with Gasteiger partial charge < -0.3 is 13.7 Å². The quantitative estimate of drug-likeness (QED) is 0.161. The van der Waals surface area contributed by atoms with Gasteiger partial charge in [0, 0.05) is 55.5 Å². The van der Waals surface area contributed by atoms with Crippen LogP contribution in [0.1, 0.15) is 0 Å². The van der Waals surface area contributed by atoms with Crippen molar-refractivity contribution in [2.45, 2.75) is 0 Å². The molecule has 12 aromatic rings. The van der Waals surface area contributed by atoms with E-state index in [9.17, 15) is 0 Å². The van der Waals surface area contributed by atoms with Crippen LogP contribution in [0.2, 0.25) is 0 Å². The Morgan fingerprint density at radius 3 is 1.72 bits per heavy atom. The Labute approximate surface area is 353 Å². The third-order valence-corrected chi connectivity index (χ3v) is 12.1. The molecule has 0 bridgehead atoms. The molecule has 286 valence electrons. The second-order valence-corrected chi connectivity index (χ2v) is 15.6. The first-order chi connectivity index (χ1) is 30.2. The maximum absolute atomic E-state index is 6.90. The largest absolute Gasteiger partial charge is 0.456 e. The molecule has 0 saturated carbocycles. The van der Waals surface area contributed by atoms with Crippen LogP contribution < -0.4 is 4.90 Å². The molecule has 0 unspecified atom stereocenters. The minimum Gasteiger partial charge on any atom is -0.456 e. The Bertz CT molecular complexity index is 3580. The van der Waals surface area contributed by atoms with Crippen molar-refractivity contribution < 1.29 is 8.83 Å². The molecule has 0 aliphatic carbocycles. The lowest BCUT2D eigenvalue weighted by atomic mass is 9.91. The van der Waals surface area contributed by atoms with E-state index in [0.717, 1.165) is 94.0 Å². The van der Waals surface area contributed by atoms with Gasteiger partial charge in [-0.15, -0.1) is 0 Å². The molecule has 0 fully saturated rings. The number of hydrogen-bond donors (Lipinski definition) is 0. The van der Waals surface area contributed by atoms with Gasteiger partial charge in [0.1, 0.15) is 22.3 Å². The summed E-state index contributed by atoms with van der Waals surface area (Å²) in [5.74, 6) is 0. The number of anilines is 3. The lowest BCUT2D eigenvalue weighted by molar-refractivity contribution is 0.669. The minimum atomic E-state index is 0.844. The van der Waals surface area contributed by atoms with Gasteiger partial charge in [0.2, 0.25) is 0 Å². The first-order valence-corrected chi connectivity index (χ1v) is 20.7. The van der Waals surface area contributed by atoms with Gasteiger partial charge in [0.15, 0.2) is 0 Å². The molecule has 0 N–H and O–H groups in total. The lowest BCUT2D eigenvalue weighted by Gasteiger charge is -2.28. The Balaban J connectivity index is 1.02. The van der Waals surface area contributed by atoms with Crippen molar-refractivity contribution in [3.63, 3.8) is 0 Å². The fourth-order valence-electron chi connectivity index (χ4n) is 9.17. The number of benzene rings is 10. The molecule has 61 heavy (non-hydrogen) atoms. The summed E-state index contributed by atoms with van der Waals surface area (Å²) < 4.78 is 13.4. The number of hydrogen-bond acceptors (Lipinski definition) is 3. The molecule has 12 rings (SSSR count). The molecule has 0 saturated heterocycles. The third kappa shape index (κ3) is 5.90. The average molecular weight is 780 g/mol. The van der Waals surface area contributed by atoms with Crippen LogP contribution in [0.5, 0.6) is 0 Å². The molecule has 0 aliphatic heterocycles. The van der Waals surface area contributed by atoms with Crippen molar-refractivity contribution in [3.8, 4) is 44.5 Å². The van der Waals surface area contributed by atoms with Crippen molar-refractivity contribution in [1.82, 2.24) is 0 Å². The van der Waals surface area contributed by atoms with Gasteiger partial charge in [-0.3, -0.25) is 0 Å². The molecule has 3 heteroatoms. The van der Waals surface area contributed by atoms with Crippen LogP contribution in [-0.4, -0.2) is 0 Å². The Morgan fingerprint density at radius 2 is 0.885 bits per heavy atom. The minimum absolute atomic E-state index is 0.844. The Kier molecular flexibility index (Phi) is 8.17. The first kappa shape index (κ1) is 34.9. The fraction of sp³-hybridized carbons (Fsp3) is 0. The van der Waals surface area contributed by atoms with Gasteiger partial charge in [0.25, 0.3) is 0 Å². The van der Waals surface area contributed by atoms with Gasteiger partial charge in [-0.05, 0) is 87.3 Å². The smallest absolute Gasteiger partial charge is 0.143 e. The number of rotatable bonds is 7. The summed E-state index contributed by atoms with van der Waals surface area (Å²) in [7, 11) is 0. The van der Waals surface area contributed by atoms with Crippen LogP contribution in [0.4, 0.5) is 17.1 Å². The number of furan rings is 2. The summed E-state index contributed by atoms with van der Waals surface area (Å²) in [6.07, 6.45) is 0. The molecule has 2 aromatic heterocycles. The zero-order chi connectivity index (χ0) is 40.3. The SMILES string of the molecule is c1ccc(-c2ccc(-c3ccc(N(c4ccc5c(c4)oc4ccccc45)c4ccccc4-c4cccc5c4oc4c6ccccc6ccc54)cc3)cc2-c2ccccc2)cc1. The van der Waals surface area contributed by atoms with E-state index in [1.165, 1.54) is 22.3 Å². The van der Waals surface area contributed by atoms with Crippen molar-refractivity contribution >= 4 is 71.7 Å². The Morgan fingerprint density at radius 1 is 0.279 bits per heavy atom. The van der Waals surface area contributed by atoms with E-state index in [1.54, 1.807) is 0 Å². The number of nitrogens with zero attached hydrogens (tertiary/aromatic N) is 1. The van der Waals surface area contributed by atoms with Gasteiger partial charge in [-0.2, -0.15) is 0 Å². The van der Waals surface area contributed by atoms with Crippen LogP contribution in [0.15, 0.2) is 233 Å². The number of para-hydroxylation sites is 3.